The summed E-state index contributed by atoms with van der Waals surface area (Å²) in [7, 11) is 1.53. The Morgan fingerprint density at radius 1 is 1.14 bits per heavy atom. The van der Waals surface area contributed by atoms with E-state index in [9.17, 15) is 5.11 Å². The molecule has 0 spiro atoms. The van der Waals surface area contributed by atoms with Gasteiger partial charge in [-0.1, -0.05) is 30.3 Å². The van der Waals surface area contributed by atoms with Gasteiger partial charge >= 0.3 is 0 Å². The third kappa shape index (κ3) is 3.74. The van der Waals surface area contributed by atoms with Crippen molar-refractivity contribution in [1.82, 2.24) is 0 Å². The Kier molecular flexibility index (Phi) is 4.46. The number of aliphatic hydroxyl groups is 1. The quantitative estimate of drug-likeness (QED) is 0.916. The second kappa shape index (κ2) is 6.29. The van der Waals surface area contributed by atoms with Gasteiger partial charge in [0.15, 0.2) is 0 Å². The van der Waals surface area contributed by atoms with Gasteiger partial charge in [0, 0.05) is 6.07 Å². The zero-order chi connectivity index (χ0) is 15.3. The van der Waals surface area contributed by atoms with E-state index in [1.165, 1.54) is 7.11 Å². The summed E-state index contributed by atoms with van der Waals surface area (Å²) >= 11 is 0. The van der Waals surface area contributed by atoms with Crippen LogP contribution < -0.4 is 9.47 Å². The molecule has 108 valence electrons. The first-order valence-electron chi connectivity index (χ1n) is 6.55. The van der Waals surface area contributed by atoms with Crippen molar-refractivity contribution < 1.29 is 14.6 Å². The van der Waals surface area contributed by atoms with Crippen LogP contribution in [-0.4, -0.2) is 18.8 Å². The summed E-state index contributed by atoms with van der Waals surface area (Å²) in [6, 6.07) is 16.3. The Morgan fingerprint density at radius 3 is 2.43 bits per heavy atom. The molecule has 0 amide bonds. The third-order valence-electron chi connectivity index (χ3n) is 3.16. The Bertz CT molecular complexity index is 645. The van der Waals surface area contributed by atoms with Gasteiger partial charge in [-0.3, -0.25) is 0 Å². The first kappa shape index (κ1) is 14.9. The monoisotopic (exact) mass is 283 g/mol. The van der Waals surface area contributed by atoms with E-state index in [-0.39, 0.29) is 6.61 Å². The molecule has 21 heavy (non-hydrogen) atoms. The molecule has 1 atom stereocenters. The number of benzene rings is 2. The van der Waals surface area contributed by atoms with E-state index in [2.05, 4.69) is 0 Å². The number of nitriles is 1. The van der Waals surface area contributed by atoms with Crippen molar-refractivity contribution in [2.24, 2.45) is 0 Å². The van der Waals surface area contributed by atoms with E-state index in [0.717, 1.165) is 5.56 Å². The van der Waals surface area contributed by atoms with Crippen LogP contribution in [0.3, 0.4) is 0 Å². The van der Waals surface area contributed by atoms with Crippen LogP contribution in [0.5, 0.6) is 11.5 Å². The molecule has 1 unspecified atom stereocenters. The van der Waals surface area contributed by atoms with Gasteiger partial charge in [0.25, 0.3) is 0 Å². The van der Waals surface area contributed by atoms with Gasteiger partial charge in [0.05, 0.1) is 18.7 Å². The summed E-state index contributed by atoms with van der Waals surface area (Å²) in [5.74, 6) is 1.03. The van der Waals surface area contributed by atoms with Crippen molar-refractivity contribution in [3.05, 3.63) is 59.7 Å². The summed E-state index contributed by atoms with van der Waals surface area (Å²) in [4.78, 5) is 0. The largest absolute Gasteiger partial charge is 0.497 e. The second-order valence-corrected chi connectivity index (χ2v) is 4.94. The van der Waals surface area contributed by atoms with Gasteiger partial charge < -0.3 is 14.6 Å². The molecule has 2 aromatic carbocycles. The highest BCUT2D eigenvalue weighted by molar-refractivity contribution is 5.44. The summed E-state index contributed by atoms with van der Waals surface area (Å²) in [5.41, 5.74) is 0.106. The predicted molar refractivity (Wildman–Crippen MR) is 79.2 cm³/mol. The Morgan fingerprint density at radius 2 is 1.81 bits per heavy atom. The minimum Gasteiger partial charge on any atom is -0.497 e. The summed E-state index contributed by atoms with van der Waals surface area (Å²) in [6.45, 7) is 1.77. The van der Waals surface area contributed by atoms with Gasteiger partial charge in [-0.15, -0.1) is 0 Å². The highest BCUT2D eigenvalue weighted by Gasteiger charge is 2.24. The van der Waals surface area contributed by atoms with Gasteiger partial charge in [-0.25, -0.2) is 0 Å². The summed E-state index contributed by atoms with van der Waals surface area (Å²) in [5, 5.41) is 19.5. The van der Waals surface area contributed by atoms with Crippen molar-refractivity contribution in [1.29, 1.82) is 5.26 Å². The van der Waals surface area contributed by atoms with Crippen molar-refractivity contribution in [3.63, 3.8) is 0 Å². The smallest absolute Gasteiger partial charge is 0.124 e. The lowest BCUT2D eigenvalue weighted by atomic mass is 9.97. The molecule has 0 aliphatic rings. The molecular weight excluding hydrogens is 266 g/mol. The minimum absolute atomic E-state index is 0.0784. The summed E-state index contributed by atoms with van der Waals surface area (Å²) < 4.78 is 10.7. The van der Waals surface area contributed by atoms with E-state index in [1.54, 1.807) is 25.1 Å². The van der Waals surface area contributed by atoms with Crippen LogP contribution >= 0.6 is 0 Å². The van der Waals surface area contributed by atoms with Crippen LogP contribution in [0.1, 0.15) is 18.1 Å². The maximum atomic E-state index is 10.5. The molecule has 0 aliphatic heterocycles. The lowest BCUT2D eigenvalue weighted by molar-refractivity contribution is 0.00753. The molecule has 0 aliphatic carbocycles. The van der Waals surface area contributed by atoms with Crippen molar-refractivity contribution >= 4 is 0 Å². The molecule has 4 nitrogen and oxygen atoms in total. The number of ether oxygens (including phenoxy) is 2. The van der Waals surface area contributed by atoms with Gasteiger partial charge in [-0.2, -0.15) is 5.26 Å². The maximum Gasteiger partial charge on any atom is 0.124 e. The molecule has 0 aromatic heterocycles. The Labute approximate surface area is 124 Å². The van der Waals surface area contributed by atoms with Crippen molar-refractivity contribution in [2.75, 3.05) is 13.7 Å². The average Bonchev–Trinajstić information content (AvgIpc) is 2.53. The van der Waals surface area contributed by atoms with Gasteiger partial charge in [-0.05, 0) is 24.6 Å². The number of rotatable bonds is 5. The second-order valence-electron chi connectivity index (χ2n) is 4.94. The van der Waals surface area contributed by atoms with Crippen LogP contribution in [0.25, 0.3) is 0 Å². The number of hydrogen-bond acceptors (Lipinski definition) is 4. The zero-order valence-electron chi connectivity index (χ0n) is 12.0. The zero-order valence-corrected chi connectivity index (χ0v) is 12.0. The number of hydrogen-bond donors (Lipinski definition) is 1. The van der Waals surface area contributed by atoms with Crippen molar-refractivity contribution in [3.8, 4) is 17.6 Å². The van der Waals surface area contributed by atoms with Gasteiger partial charge in [0.2, 0.25) is 0 Å². The minimum atomic E-state index is -1.11. The predicted octanol–water partition coefficient (Wildman–Crippen LogP) is 2.85. The normalized spacial score (nSPS) is 13.0. The molecule has 0 saturated carbocycles. The Hall–Kier alpha value is -2.51. The Balaban J connectivity index is 2.14. The first-order valence-corrected chi connectivity index (χ1v) is 6.55. The van der Waals surface area contributed by atoms with E-state index in [1.807, 2.05) is 36.4 Å². The fraction of sp³-hybridized carbons (Fsp3) is 0.235. The standard InChI is InChI=1S/C17H17NO3/c1-17(19,14-6-4-3-5-7-14)12-21-16-9-13(11-18)8-15(10-16)20-2/h3-10,19H,12H2,1-2H3. The molecular formula is C17H17NO3. The molecule has 0 radical (unpaired) electrons. The molecule has 0 bridgehead atoms. The molecule has 0 fully saturated rings. The lowest BCUT2D eigenvalue weighted by Crippen LogP contribution is -2.29. The van der Waals surface area contributed by atoms with Crippen LogP contribution in [0, 0.1) is 11.3 Å². The van der Waals surface area contributed by atoms with E-state index < -0.39 is 5.60 Å². The molecule has 2 aromatic rings. The molecule has 4 heteroatoms. The van der Waals surface area contributed by atoms with Crippen LogP contribution in [0.2, 0.25) is 0 Å². The van der Waals surface area contributed by atoms with Crippen LogP contribution in [0.15, 0.2) is 48.5 Å². The van der Waals surface area contributed by atoms with Gasteiger partial charge in [0.1, 0.15) is 23.7 Å². The van der Waals surface area contributed by atoms with Crippen LogP contribution in [-0.2, 0) is 5.60 Å². The van der Waals surface area contributed by atoms with Crippen molar-refractivity contribution in [2.45, 2.75) is 12.5 Å². The molecule has 0 heterocycles. The highest BCUT2D eigenvalue weighted by atomic mass is 16.5. The molecule has 1 N–H and O–H groups in total. The third-order valence-corrected chi connectivity index (χ3v) is 3.16. The lowest BCUT2D eigenvalue weighted by Gasteiger charge is -2.24. The van der Waals surface area contributed by atoms with E-state index in [4.69, 9.17) is 14.7 Å². The topological polar surface area (TPSA) is 62.5 Å². The molecule has 2 rings (SSSR count). The maximum absolute atomic E-state index is 10.5. The van der Waals surface area contributed by atoms with E-state index >= 15 is 0 Å². The fourth-order valence-electron chi connectivity index (χ4n) is 1.94. The highest BCUT2D eigenvalue weighted by Crippen LogP contribution is 2.26. The number of methoxy groups -OCH3 is 1. The molecule has 0 saturated heterocycles. The SMILES string of the molecule is COc1cc(C#N)cc(OCC(C)(O)c2ccccc2)c1. The van der Waals surface area contributed by atoms with Crippen LogP contribution in [0.4, 0.5) is 0 Å². The van der Waals surface area contributed by atoms with E-state index in [0.29, 0.717) is 17.1 Å². The first-order chi connectivity index (χ1) is 10.0. The average molecular weight is 283 g/mol. The fourth-order valence-corrected chi connectivity index (χ4v) is 1.94. The summed E-state index contributed by atoms with van der Waals surface area (Å²) in [6.07, 6.45) is 0. The number of nitrogens with zero attached hydrogens (tertiary/aromatic N) is 1.